The molecule has 26 heavy (non-hydrogen) atoms. The van der Waals surface area contributed by atoms with Gasteiger partial charge in [0.05, 0.1) is 5.60 Å². The molecule has 1 spiro atoms. The van der Waals surface area contributed by atoms with Gasteiger partial charge >= 0.3 is 0 Å². The summed E-state index contributed by atoms with van der Waals surface area (Å²) in [6.07, 6.45) is 5.25. The summed E-state index contributed by atoms with van der Waals surface area (Å²) in [5, 5.41) is 0. The van der Waals surface area contributed by atoms with Crippen LogP contribution in [0.2, 0.25) is 0 Å². The topological polar surface area (TPSA) is 49.9 Å². The average Bonchev–Trinajstić information content (AvgIpc) is 3.06. The molecule has 3 heterocycles. The molecular weight excluding hydrogens is 328 g/mol. The molecule has 0 bridgehead atoms. The molecule has 0 aliphatic carbocycles. The summed E-state index contributed by atoms with van der Waals surface area (Å²) in [6.45, 7) is 4.72. The van der Waals surface area contributed by atoms with Crippen LogP contribution in [0, 0.1) is 5.92 Å². The minimum atomic E-state index is -0.127. The van der Waals surface area contributed by atoms with Crippen molar-refractivity contribution < 1.29 is 14.3 Å². The van der Waals surface area contributed by atoms with Gasteiger partial charge in [-0.05, 0) is 49.7 Å². The van der Waals surface area contributed by atoms with Gasteiger partial charge in [-0.1, -0.05) is 18.2 Å². The average molecular weight is 356 g/mol. The lowest BCUT2D eigenvalue weighted by Gasteiger charge is -2.46. The van der Waals surface area contributed by atoms with E-state index in [9.17, 15) is 9.59 Å². The van der Waals surface area contributed by atoms with Crippen LogP contribution in [0.1, 0.15) is 44.6 Å². The van der Waals surface area contributed by atoms with Crippen molar-refractivity contribution in [1.82, 2.24) is 4.90 Å². The van der Waals surface area contributed by atoms with Gasteiger partial charge in [-0.25, -0.2) is 0 Å². The lowest BCUT2D eigenvalue weighted by Crippen LogP contribution is -2.50. The number of amides is 2. The van der Waals surface area contributed by atoms with Gasteiger partial charge < -0.3 is 14.5 Å². The number of carbonyl (C=O) groups is 2. The van der Waals surface area contributed by atoms with Crippen LogP contribution in [-0.2, 0) is 20.7 Å². The molecule has 5 heteroatoms. The Kier molecular flexibility index (Phi) is 4.74. The summed E-state index contributed by atoms with van der Waals surface area (Å²) in [4.78, 5) is 28.4. The standard InChI is InChI=1S/C21H28N2O3/c1-16(24)22-11-8-21(9-12-22)15-17(7-13-26-21)14-20(25)23-10-6-18-4-2-3-5-19(18)23/h2-5,17H,6-15H2,1H3. The fraction of sp³-hybridized carbons (Fsp3) is 0.619. The Balaban J connectivity index is 1.37. The SMILES string of the molecule is CC(=O)N1CCC2(CC1)CC(CC(=O)N1CCc3ccccc31)CCO2. The molecule has 0 radical (unpaired) electrons. The van der Waals surface area contributed by atoms with Gasteiger partial charge in [0.1, 0.15) is 0 Å². The van der Waals surface area contributed by atoms with Gasteiger partial charge in [-0.3, -0.25) is 9.59 Å². The van der Waals surface area contributed by atoms with Crippen LogP contribution in [-0.4, -0.2) is 48.6 Å². The molecule has 140 valence electrons. The number of fused-ring (bicyclic) bond motifs is 1. The first-order chi connectivity index (χ1) is 12.6. The van der Waals surface area contributed by atoms with E-state index < -0.39 is 0 Å². The summed E-state index contributed by atoms with van der Waals surface area (Å²) in [5.41, 5.74) is 2.24. The zero-order valence-electron chi connectivity index (χ0n) is 15.6. The molecule has 5 nitrogen and oxygen atoms in total. The Morgan fingerprint density at radius 2 is 1.96 bits per heavy atom. The van der Waals surface area contributed by atoms with Crippen molar-refractivity contribution in [1.29, 1.82) is 0 Å². The second-order valence-electron chi connectivity index (χ2n) is 8.02. The third-order valence-electron chi connectivity index (χ3n) is 6.37. The zero-order chi connectivity index (χ0) is 18.1. The Morgan fingerprint density at radius 1 is 1.19 bits per heavy atom. The van der Waals surface area contributed by atoms with Crippen LogP contribution in [0.4, 0.5) is 5.69 Å². The second kappa shape index (κ2) is 7.03. The Hall–Kier alpha value is -1.88. The number of nitrogens with zero attached hydrogens (tertiary/aromatic N) is 2. The van der Waals surface area contributed by atoms with Crippen LogP contribution in [0.15, 0.2) is 24.3 Å². The highest BCUT2D eigenvalue weighted by molar-refractivity contribution is 5.95. The van der Waals surface area contributed by atoms with Gasteiger partial charge in [0, 0.05) is 45.3 Å². The Morgan fingerprint density at radius 3 is 2.73 bits per heavy atom. The van der Waals surface area contributed by atoms with Crippen LogP contribution in [0.5, 0.6) is 0 Å². The first kappa shape index (κ1) is 17.5. The molecule has 0 N–H and O–H groups in total. The van der Waals surface area contributed by atoms with E-state index in [0.717, 1.165) is 64.0 Å². The number of piperidine rings is 1. The first-order valence-electron chi connectivity index (χ1n) is 9.84. The lowest BCUT2D eigenvalue weighted by atomic mass is 9.78. The minimum Gasteiger partial charge on any atom is -0.375 e. The smallest absolute Gasteiger partial charge is 0.227 e. The molecule has 0 saturated carbocycles. The van der Waals surface area contributed by atoms with E-state index in [0.29, 0.717) is 12.3 Å². The number of rotatable bonds is 2. The largest absolute Gasteiger partial charge is 0.375 e. The fourth-order valence-corrected chi connectivity index (χ4v) is 4.84. The van der Waals surface area contributed by atoms with E-state index in [1.54, 1.807) is 6.92 Å². The van der Waals surface area contributed by atoms with Gasteiger partial charge in [-0.15, -0.1) is 0 Å². The second-order valence-corrected chi connectivity index (χ2v) is 8.02. The normalized spacial score (nSPS) is 24.6. The molecule has 2 amide bonds. The van der Waals surface area contributed by atoms with Gasteiger partial charge in [0.15, 0.2) is 0 Å². The first-order valence-corrected chi connectivity index (χ1v) is 9.84. The number of hydrogen-bond donors (Lipinski definition) is 0. The van der Waals surface area contributed by atoms with Crippen molar-refractivity contribution in [2.45, 2.75) is 51.0 Å². The van der Waals surface area contributed by atoms with E-state index in [-0.39, 0.29) is 17.4 Å². The summed E-state index contributed by atoms with van der Waals surface area (Å²) < 4.78 is 6.17. The van der Waals surface area contributed by atoms with Gasteiger partial charge in [0.2, 0.25) is 11.8 Å². The maximum atomic E-state index is 12.9. The number of hydrogen-bond acceptors (Lipinski definition) is 3. The summed E-state index contributed by atoms with van der Waals surface area (Å²) in [6, 6.07) is 8.23. The predicted molar refractivity (Wildman–Crippen MR) is 100 cm³/mol. The molecule has 1 aromatic carbocycles. The highest BCUT2D eigenvalue weighted by Gasteiger charge is 2.41. The highest BCUT2D eigenvalue weighted by atomic mass is 16.5. The number of para-hydroxylation sites is 1. The van der Waals surface area contributed by atoms with E-state index in [1.165, 1.54) is 5.56 Å². The van der Waals surface area contributed by atoms with Crippen molar-refractivity contribution >= 4 is 17.5 Å². The van der Waals surface area contributed by atoms with Crippen molar-refractivity contribution in [3.8, 4) is 0 Å². The molecule has 0 aromatic heterocycles. The molecule has 4 rings (SSSR count). The zero-order valence-corrected chi connectivity index (χ0v) is 15.6. The molecule has 3 aliphatic heterocycles. The molecular formula is C21H28N2O3. The Labute approximate surface area is 155 Å². The fourth-order valence-electron chi connectivity index (χ4n) is 4.84. The minimum absolute atomic E-state index is 0.127. The number of ether oxygens (including phenoxy) is 1. The predicted octanol–water partition coefficient (Wildman–Crippen LogP) is 2.77. The van der Waals surface area contributed by atoms with E-state index in [4.69, 9.17) is 4.74 Å². The number of carbonyl (C=O) groups excluding carboxylic acids is 2. The number of likely N-dealkylation sites (tertiary alicyclic amines) is 1. The monoisotopic (exact) mass is 356 g/mol. The quantitative estimate of drug-likeness (QED) is 0.819. The van der Waals surface area contributed by atoms with E-state index in [1.807, 2.05) is 21.9 Å². The van der Waals surface area contributed by atoms with Crippen molar-refractivity contribution in [2.75, 3.05) is 31.1 Å². The van der Waals surface area contributed by atoms with Crippen LogP contribution < -0.4 is 4.90 Å². The van der Waals surface area contributed by atoms with Crippen molar-refractivity contribution in [2.24, 2.45) is 5.92 Å². The molecule has 1 unspecified atom stereocenters. The van der Waals surface area contributed by atoms with Gasteiger partial charge in [-0.2, -0.15) is 0 Å². The van der Waals surface area contributed by atoms with E-state index >= 15 is 0 Å². The molecule has 2 fully saturated rings. The maximum Gasteiger partial charge on any atom is 0.227 e. The van der Waals surface area contributed by atoms with Crippen LogP contribution in [0.25, 0.3) is 0 Å². The van der Waals surface area contributed by atoms with Crippen LogP contribution >= 0.6 is 0 Å². The maximum absolute atomic E-state index is 12.9. The summed E-state index contributed by atoms with van der Waals surface area (Å²) >= 11 is 0. The van der Waals surface area contributed by atoms with Crippen LogP contribution in [0.3, 0.4) is 0 Å². The third kappa shape index (κ3) is 3.37. The number of anilines is 1. The molecule has 1 atom stereocenters. The molecule has 1 aromatic rings. The summed E-state index contributed by atoms with van der Waals surface area (Å²) in [5.74, 6) is 0.779. The lowest BCUT2D eigenvalue weighted by molar-refractivity contribution is -0.146. The molecule has 3 aliphatic rings. The van der Waals surface area contributed by atoms with E-state index in [2.05, 4.69) is 12.1 Å². The highest BCUT2D eigenvalue weighted by Crippen LogP contribution is 2.39. The number of benzene rings is 1. The summed E-state index contributed by atoms with van der Waals surface area (Å²) in [7, 11) is 0. The third-order valence-corrected chi connectivity index (χ3v) is 6.37. The van der Waals surface area contributed by atoms with Gasteiger partial charge in [0.25, 0.3) is 0 Å². The molecule has 2 saturated heterocycles. The Bertz CT molecular complexity index is 694. The van der Waals surface area contributed by atoms with Crippen molar-refractivity contribution in [3.63, 3.8) is 0 Å². The van der Waals surface area contributed by atoms with Crippen molar-refractivity contribution in [3.05, 3.63) is 29.8 Å².